The zero-order valence-electron chi connectivity index (χ0n) is 32.0. The predicted octanol–water partition coefficient (Wildman–Crippen LogP) is 16.3. The first-order valence-corrected chi connectivity index (χ1v) is 20.1. The molecule has 3 heteroatoms. The maximum Gasteiger partial charge on any atom is 0.135 e. The van der Waals surface area contributed by atoms with Crippen molar-refractivity contribution in [3.8, 4) is 33.4 Å². The van der Waals surface area contributed by atoms with Gasteiger partial charge in [0.05, 0.1) is 0 Å². The fourth-order valence-electron chi connectivity index (χ4n) is 9.18. The van der Waals surface area contributed by atoms with E-state index in [-0.39, 0.29) is 0 Å². The average molecular weight is 754 g/mol. The van der Waals surface area contributed by atoms with Gasteiger partial charge >= 0.3 is 0 Å². The third-order valence-electron chi connectivity index (χ3n) is 11.8. The van der Waals surface area contributed by atoms with Crippen LogP contribution in [0.15, 0.2) is 221 Å². The van der Waals surface area contributed by atoms with Crippen LogP contribution in [-0.4, -0.2) is 0 Å². The highest BCUT2D eigenvalue weighted by atomic mass is 16.3. The number of hydrogen-bond donors (Lipinski definition) is 0. The zero-order chi connectivity index (χ0) is 38.9. The van der Waals surface area contributed by atoms with Gasteiger partial charge in [0, 0.05) is 38.6 Å². The molecular formula is C56H35NO2. The number of para-hydroxylation sites is 2. The minimum absolute atomic E-state index is 0.868. The van der Waals surface area contributed by atoms with Crippen molar-refractivity contribution < 1.29 is 8.83 Å². The van der Waals surface area contributed by atoms with Gasteiger partial charge in [0.2, 0.25) is 0 Å². The minimum atomic E-state index is 0.868. The summed E-state index contributed by atoms with van der Waals surface area (Å²) in [4.78, 5) is 2.35. The SMILES string of the molecule is c1ccc(-c2c(-c3cccc(-c4cccc(N(c5ccc6oc7ccccc7c6c5)c5ccc6oc7ccccc7c6c5)c4)c3)c3ccccc3c3ccccc23)cc1. The zero-order valence-corrected chi connectivity index (χ0v) is 32.0. The van der Waals surface area contributed by atoms with Crippen LogP contribution >= 0.6 is 0 Å². The van der Waals surface area contributed by atoms with Crippen molar-refractivity contribution in [2.75, 3.05) is 4.90 Å². The highest BCUT2D eigenvalue weighted by Gasteiger charge is 2.20. The molecule has 0 bridgehead atoms. The molecule has 0 aliphatic rings. The van der Waals surface area contributed by atoms with Gasteiger partial charge in [-0.3, -0.25) is 0 Å². The Labute approximate surface area is 340 Å². The molecule has 10 aromatic carbocycles. The van der Waals surface area contributed by atoms with Gasteiger partial charge in [0.25, 0.3) is 0 Å². The second-order valence-electron chi connectivity index (χ2n) is 15.2. The van der Waals surface area contributed by atoms with Gasteiger partial charge in [-0.25, -0.2) is 0 Å². The molecule has 12 rings (SSSR count). The Morgan fingerprint density at radius 2 is 0.644 bits per heavy atom. The van der Waals surface area contributed by atoms with Gasteiger partial charge in [-0.2, -0.15) is 0 Å². The second kappa shape index (κ2) is 13.4. The number of rotatable bonds is 6. The topological polar surface area (TPSA) is 29.5 Å². The molecule has 3 nitrogen and oxygen atoms in total. The van der Waals surface area contributed by atoms with E-state index >= 15 is 0 Å². The van der Waals surface area contributed by atoms with Crippen LogP contribution in [0.3, 0.4) is 0 Å². The Hall–Kier alpha value is -7.88. The Morgan fingerprint density at radius 1 is 0.237 bits per heavy atom. The number of hydrogen-bond acceptors (Lipinski definition) is 3. The fourth-order valence-corrected chi connectivity index (χ4v) is 9.18. The second-order valence-corrected chi connectivity index (χ2v) is 15.2. The van der Waals surface area contributed by atoms with E-state index in [2.05, 4.69) is 193 Å². The van der Waals surface area contributed by atoms with Gasteiger partial charge in [-0.05, 0) is 122 Å². The lowest BCUT2D eigenvalue weighted by atomic mass is 9.84. The minimum Gasteiger partial charge on any atom is -0.456 e. The van der Waals surface area contributed by atoms with Crippen molar-refractivity contribution in [2.45, 2.75) is 0 Å². The summed E-state index contributed by atoms with van der Waals surface area (Å²) in [5.74, 6) is 0. The van der Waals surface area contributed by atoms with Crippen molar-refractivity contribution in [2.24, 2.45) is 0 Å². The molecule has 2 heterocycles. The molecule has 0 saturated heterocycles. The van der Waals surface area contributed by atoms with Crippen LogP contribution in [0.1, 0.15) is 0 Å². The first kappa shape index (κ1) is 33.3. The molecule has 0 unspecified atom stereocenters. The average Bonchev–Trinajstić information content (AvgIpc) is 3.87. The Morgan fingerprint density at radius 3 is 1.24 bits per heavy atom. The van der Waals surface area contributed by atoms with Gasteiger partial charge in [-0.15, -0.1) is 0 Å². The van der Waals surface area contributed by atoms with Gasteiger partial charge in [0.15, 0.2) is 0 Å². The van der Waals surface area contributed by atoms with Crippen molar-refractivity contribution in [3.05, 3.63) is 212 Å². The van der Waals surface area contributed by atoms with E-state index in [1.165, 1.54) is 43.8 Å². The summed E-state index contributed by atoms with van der Waals surface area (Å²) in [6.07, 6.45) is 0. The molecule has 2 aromatic heterocycles. The van der Waals surface area contributed by atoms with Crippen molar-refractivity contribution in [3.63, 3.8) is 0 Å². The maximum atomic E-state index is 6.27. The summed E-state index contributed by atoms with van der Waals surface area (Å²) >= 11 is 0. The Kier molecular flexibility index (Phi) is 7.54. The Bertz CT molecular complexity index is 3460. The first-order valence-electron chi connectivity index (χ1n) is 20.1. The van der Waals surface area contributed by atoms with Gasteiger partial charge in [0.1, 0.15) is 22.3 Å². The molecule has 0 saturated carbocycles. The third kappa shape index (κ3) is 5.44. The van der Waals surface area contributed by atoms with Crippen LogP contribution in [0.25, 0.3) is 98.8 Å². The summed E-state index contributed by atoms with van der Waals surface area (Å²) in [6, 6.07) is 75.9. The number of anilines is 3. The van der Waals surface area contributed by atoms with Crippen molar-refractivity contribution >= 4 is 82.5 Å². The van der Waals surface area contributed by atoms with E-state index in [1.54, 1.807) is 0 Å². The number of furan rings is 2. The number of benzene rings is 10. The van der Waals surface area contributed by atoms with Crippen molar-refractivity contribution in [1.29, 1.82) is 0 Å². The predicted molar refractivity (Wildman–Crippen MR) is 247 cm³/mol. The number of nitrogens with zero attached hydrogens (tertiary/aromatic N) is 1. The van der Waals surface area contributed by atoms with E-state index in [9.17, 15) is 0 Å². The summed E-state index contributed by atoms with van der Waals surface area (Å²) in [7, 11) is 0. The Balaban J connectivity index is 1.05. The van der Waals surface area contributed by atoms with E-state index in [0.29, 0.717) is 0 Å². The summed E-state index contributed by atoms with van der Waals surface area (Å²) in [5.41, 5.74) is 13.8. The lowest BCUT2D eigenvalue weighted by Crippen LogP contribution is -2.10. The molecule has 0 atom stereocenters. The largest absolute Gasteiger partial charge is 0.456 e. The summed E-state index contributed by atoms with van der Waals surface area (Å²) in [6.45, 7) is 0. The van der Waals surface area contributed by atoms with E-state index in [1.807, 2.05) is 24.3 Å². The standard InChI is InChI=1S/C56H35NO2/c1-2-14-36(15-3-1)55-47-24-6-4-20-43(47)44-21-5-7-25-48(44)56(55)39-18-12-16-37(32-39)38-17-13-19-40(33-38)57(41-28-30-53-49(34-41)45-22-8-10-26-51(45)58-53)42-29-31-54-50(35-42)46-23-9-11-27-52(46)59-54/h1-35H. The van der Waals surface area contributed by atoms with Gasteiger partial charge in [-0.1, -0.05) is 146 Å². The normalized spacial score (nSPS) is 11.7. The molecule has 276 valence electrons. The summed E-state index contributed by atoms with van der Waals surface area (Å²) < 4.78 is 12.5. The molecule has 0 aliphatic heterocycles. The molecule has 0 aliphatic carbocycles. The van der Waals surface area contributed by atoms with E-state index < -0.39 is 0 Å². The molecule has 12 aromatic rings. The summed E-state index contributed by atoms with van der Waals surface area (Å²) in [5, 5.41) is 9.37. The smallest absolute Gasteiger partial charge is 0.135 e. The van der Waals surface area contributed by atoms with Crippen LogP contribution in [0.5, 0.6) is 0 Å². The lowest BCUT2D eigenvalue weighted by molar-refractivity contribution is 0.668. The molecule has 0 amide bonds. The quantitative estimate of drug-likeness (QED) is 0.158. The molecule has 0 N–H and O–H groups in total. The molecule has 0 spiro atoms. The molecule has 0 fully saturated rings. The number of fused-ring (bicyclic) bond motifs is 9. The van der Waals surface area contributed by atoms with Gasteiger partial charge < -0.3 is 13.7 Å². The van der Waals surface area contributed by atoms with Crippen LogP contribution in [0.2, 0.25) is 0 Å². The van der Waals surface area contributed by atoms with E-state index in [0.717, 1.165) is 72.1 Å². The molecule has 0 radical (unpaired) electrons. The maximum absolute atomic E-state index is 6.27. The highest BCUT2D eigenvalue weighted by molar-refractivity contribution is 6.21. The molecule has 59 heavy (non-hydrogen) atoms. The fraction of sp³-hybridized carbons (Fsp3) is 0. The highest BCUT2D eigenvalue weighted by Crippen LogP contribution is 2.46. The van der Waals surface area contributed by atoms with Crippen LogP contribution in [0.4, 0.5) is 17.1 Å². The first-order chi connectivity index (χ1) is 29.2. The van der Waals surface area contributed by atoms with Crippen molar-refractivity contribution in [1.82, 2.24) is 0 Å². The third-order valence-corrected chi connectivity index (χ3v) is 11.8. The van der Waals surface area contributed by atoms with Crippen LogP contribution < -0.4 is 4.90 Å². The van der Waals surface area contributed by atoms with Crippen LogP contribution in [0, 0.1) is 0 Å². The molecular weight excluding hydrogens is 719 g/mol. The monoisotopic (exact) mass is 753 g/mol. The van der Waals surface area contributed by atoms with E-state index in [4.69, 9.17) is 8.83 Å². The van der Waals surface area contributed by atoms with Crippen LogP contribution in [-0.2, 0) is 0 Å². The lowest BCUT2D eigenvalue weighted by Gasteiger charge is -2.26.